The van der Waals surface area contributed by atoms with E-state index in [1.165, 1.54) is 17.0 Å². The number of hydrogen-bond acceptors (Lipinski definition) is 4. The highest BCUT2D eigenvalue weighted by Crippen LogP contribution is 2.46. The lowest BCUT2D eigenvalue weighted by atomic mass is 9.73. The molecule has 3 N–H and O–H groups in total. The van der Waals surface area contributed by atoms with Gasteiger partial charge in [0.25, 0.3) is 0 Å². The number of halogens is 3. The van der Waals surface area contributed by atoms with Crippen LogP contribution in [-0.4, -0.2) is 29.2 Å². The van der Waals surface area contributed by atoms with Gasteiger partial charge in [0.05, 0.1) is 17.0 Å². The van der Waals surface area contributed by atoms with E-state index in [1.54, 1.807) is 13.1 Å². The number of aliphatic imine (C=N–C) groups is 1. The second-order valence-electron chi connectivity index (χ2n) is 7.07. The predicted octanol–water partition coefficient (Wildman–Crippen LogP) is 3.93. The Morgan fingerprint density at radius 2 is 1.86 bits per heavy atom. The Morgan fingerprint density at radius 1 is 1.21 bits per heavy atom. The van der Waals surface area contributed by atoms with Crippen LogP contribution < -0.4 is 5.73 Å². The molecule has 0 aromatic heterocycles. The third kappa shape index (κ3) is 3.38. The number of rotatable bonds is 3. The molecule has 28 heavy (non-hydrogen) atoms. The van der Waals surface area contributed by atoms with Crippen LogP contribution in [0, 0.1) is 0 Å². The molecule has 0 saturated carbocycles. The van der Waals surface area contributed by atoms with Gasteiger partial charge in [0.15, 0.2) is 5.96 Å². The third-order valence-electron chi connectivity index (χ3n) is 5.31. The van der Waals surface area contributed by atoms with Crippen LogP contribution in [0.5, 0.6) is 0 Å². The van der Waals surface area contributed by atoms with Crippen LogP contribution >= 0.6 is 0 Å². The maximum atomic E-state index is 12.9. The Kier molecular flexibility index (Phi) is 4.97. The van der Waals surface area contributed by atoms with Crippen molar-refractivity contribution in [2.75, 3.05) is 7.05 Å². The molecule has 0 spiro atoms. The van der Waals surface area contributed by atoms with Crippen molar-refractivity contribution in [1.82, 2.24) is 4.90 Å². The summed E-state index contributed by atoms with van der Waals surface area (Å²) in [6.07, 6.45) is -3.80. The van der Waals surface area contributed by atoms with Crippen molar-refractivity contribution in [2.24, 2.45) is 10.7 Å². The standard InChI is InChI=1S/C21H22F3N3O/c1-4-13-6-5-7-16(12-13)20(2)17(18(28)27(3)19(25)26-20)14-8-10-15(11-9-14)21(22,23)24/h4-12,17-18,28H,1H2,2-3H3,(H2,25,26)/t17-,18?,20-/m1/s1. The average molecular weight is 389 g/mol. The summed E-state index contributed by atoms with van der Waals surface area (Å²) in [4.78, 5) is 6.04. The number of aliphatic hydroxyl groups excluding tert-OH is 1. The fourth-order valence-corrected chi connectivity index (χ4v) is 3.64. The van der Waals surface area contributed by atoms with E-state index in [2.05, 4.69) is 11.6 Å². The molecule has 0 saturated heterocycles. The van der Waals surface area contributed by atoms with Crippen molar-refractivity contribution in [3.05, 3.63) is 77.4 Å². The zero-order chi connectivity index (χ0) is 20.7. The first kappa shape index (κ1) is 19.9. The first-order chi connectivity index (χ1) is 13.1. The molecule has 1 aliphatic heterocycles. The molecule has 3 atom stereocenters. The second kappa shape index (κ2) is 6.98. The maximum absolute atomic E-state index is 12.9. The van der Waals surface area contributed by atoms with Gasteiger partial charge in [-0.05, 0) is 41.8 Å². The van der Waals surface area contributed by atoms with Crippen LogP contribution in [0.1, 0.15) is 35.1 Å². The molecule has 148 valence electrons. The highest BCUT2D eigenvalue weighted by Gasteiger charge is 2.47. The monoisotopic (exact) mass is 389 g/mol. The van der Waals surface area contributed by atoms with Crippen molar-refractivity contribution in [2.45, 2.75) is 30.8 Å². The SMILES string of the molecule is C=Cc1cccc([C@@]2(C)N=C(N)N(C)C(O)[C@H]2c2ccc(C(F)(F)F)cc2)c1. The smallest absolute Gasteiger partial charge is 0.373 e. The van der Waals surface area contributed by atoms with E-state index >= 15 is 0 Å². The summed E-state index contributed by atoms with van der Waals surface area (Å²) in [5, 5.41) is 10.9. The molecule has 0 fully saturated rings. The minimum atomic E-state index is -4.43. The van der Waals surface area contributed by atoms with Gasteiger partial charge in [-0.15, -0.1) is 0 Å². The first-order valence-corrected chi connectivity index (χ1v) is 8.74. The molecule has 0 amide bonds. The molecule has 0 radical (unpaired) electrons. The topological polar surface area (TPSA) is 61.8 Å². The molecule has 7 heteroatoms. The number of benzene rings is 2. The maximum Gasteiger partial charge on any atom is 0.416 e. The van der Waals surface area contributed by atoms with Crippen LogP contribution in [0.4, 0.5) is 13.2 Å². The van der Waals surface area contributed by atoms with Gasteiger partial charge in [-0.25, -0.2) is 4.99 Å². The van der Waals surface area contributed by atoms with E-state index in [9.17, 15) is 18.3 Å². The van der Waals surface area contributed by atoms with Crippen molar-refractivity contribution < 1.29 is 18.3 Å². The zero-order valence-electron chi connectivity index (χ0n) is 15.6. The van der Waals surface area contributed by atoms with E-state index in [1.807, 2.05) is 31.2 Å². The van der Waals surface area contributed by atoms with Gasteiger partial charge in [0.1, 0.15) is 6.23 Å². The summed E-state index contributed by atoms with van der Waals surface area (Å²) in [6, 6.07) is 12.3. The molecule has 1 heterocycles. The quantitative estimate of drug-likeness (QED) is 0.836. The lowest BCUT2D eigenvalue weighted by Gasteiger charge is -2.46. The van der Waals surface area contributed by atoms with Crippen molar-refractivity contribution in [3.63, 3.8) is 0 Å². The minimum absolute atomic E-state index is 0.155. The molecule has 0 bridgehead atoms. The molecule has 4 nitrogen and oxygen atoms in total. The molecule has 1 unspecified atom stereocenters. The minimum Gasteiger partial charge on any atom is -0.373 e. The molecule has 2 aromatic rings. The second-order valence-corrected chi connectivity index (χ2v) is 7.07. The van der Waals surface area contributed by atoms with Crippen molar-refractivity contribution in [3.8, 4) is 0 Å². The van der Waals surface area contributed by atoms with Crippen LogP contribution in [0.25, 0.3) is 6.08 Å². The predicted molar refractivity (Wildman–Crippen MR) is 103 cm³/mol. The van der Waals surface area contributed by atoms with Crippen molar-refractivity contribution >= 4 is 12.0 Å². The summed E-state index contributed by atoms with van der Waals surface area (Å²) in [5.41, 5.74) is 6.49. The number of guanidine groups is 1. The van der Waals surface area contributed by atoms with Crippen LogP contribution in [0.3, 0.4) is 0 Å². The largest absolute Gasteiger partial charge is 0.416 e. The lowest BCUT2D eigenvalue weighted by Crippen LogP contribution is -2.55. The Balaban J connectivity index is 2.16. The zero-order valence-corrected chi connectivity index (χ0v) is 15.6. The molecular formula is C21H22F3N3O. The van der Waals surface area contributed by atoms with Gasteiger partial charge in [-0.2, -0.15) is 13.2 Å². The lowest BCUT2D eigenvalue weighted by molar-refractivity contribution is -0.137. The normalized spacial score (nSPS) is 25.4. The number of nitrogens with two attached hydrogens (primary N) is 1. The fraction of sp³-hybridized carbons (Fsp3) is 0.286. The molecule has 3 rings (SSSR count). The van der Waals surface area contributed by atoms with Crippen LogP contribution in [0.15, 0.2) is 60.1 Å². The Bertz CT molecular complexity index is 908. The molecular weight excluding hydrogens is 367 g/mol. The highest BCUT2D eigenvalue weighted by molar-refractivity contribution is 5.80. The first-order valence-electron chi connectivity index (χ1n) is 8.74. The Morgan fingerprint density at radius 3 is 2.43 bits per heavy atom. The Hall–Kier alpha value is -2.80. The van der Waals surface area contributed by atoms with E-state index in [0.717, 1.165) is 23.3 Å². The van der Waals surface area contributed by atoms with Crippen LogP contribution in [-0.2, 0) is 11.7 Å². The molecule has 0 aliphatic carbocycles. The van der Waals surface area contributed by atoms with Crippen molar-refractivity contribution in [1.29, 1.82) is 0 Å². The molecule has 1 aliphatic rings. The average Bonchev–Trinajstić information content (AvgIpc) is 2.66. The summed E-state index contributed by atoms with van der Waals surface area (Å²) in [5.74, 6) is -0.477. The third-order valence-corrected chi connectivity index (χ3v) is 5.31. The van der Waals surface area contributed by atoms with E-state index in [0.29, 0.717) is 5.56 Å². The number of hydrogen-bond donors (Lipinski definition) is 2. The summed E-state index contributed by atoms with van der Waals surface area (Å²) >= 11 is 0. The summed E-state index contributed by atoms with van der Waals surface area (Å²) in [7, 11) is 1.60. The van der Waals surface area contributed by atoms with E-state index < -0.39 is 29.4 Å². The summed E-state index contributed by atoms with van der Waals surface area (Å²) in [6.45, 7) is 5.59. The summed E-state index contributed by atoms with van der Waals surface area (Å²) < 4.78 is 38.8. The van der Waals surface area contributed by atoms with Gasteiger partial charge in [0, 0.05) is 7.05 Å². The highest BCUT2D eigenvalue weighted by atomic mass is 19.4. The van der Waals surface area contributed by atoms with E-state index in [-0.39, 0.29) is 5.96 Å². The van der Waals surface area contributed by atoms with Gasteiger partial charge < -0.3 is 15.7 Å². The Labute approximate surface area is 161 Å². The van der Waals surface area contributed by atoms with Gasteiger partial charge in [0.2, 0.25) is 0 Å². The van der Waals surface area contributed by atoms with Gasteiger partial charge >= 0.3 is 6.18 Å². The fourth-order valence-electron chi connectivity index (χ4n) is 3.64. The number of likely N-dealkylation sites (N-methyl/N-ethyl adjacent to an activating group) is 1. The number of aliphatic hydroxyl groups is 1. The number of nitrogens with zero attached hydrogens (tertiary/aromatic N) is 2. The van der Waals surface area contributed by atoms with Gasteiger partial charge in [-0.3, -0.25) is 0 Å². The molecule has 2 aromatic carbocycles. The van der Waals surface area contributed by atoms with Crippen LogP contribution in [0.2, 0.25) is 0 Å². The van der Waals surface area contributed by atoms with Gasteiger partial charge in [-0.1, -0.05) is 43.0 Å². The van der Waals surface area contributed by atoms with E-state index in [4.69, 9.17) is 5.73 Å². The number of alkyl halides is 3.